The fourth-order valence-corrected chi connectivity index (χ4v) is 4.19. The van der Waals surface area contributed by atoms with Crippen LogP contribution >= 0.6 is 0 Å². The van der Waals surface area contributed by atoms with Crippen molar-refractivity contribution in [1.82, 2.24) is 4.90 Å². The largest absolute Gasteiger partial charge is 0.494 e. The molecule has 2 aliphatic heterocycles. The van der Waals surface area contributed by atoms with E-state index in [2.05, 4.69) is 0 Å². The second-order valence-electron chi connectivity index (χ2n) is 7.09. The van der Waals surface area contributed by atoms with Crippen LogP contribution in [0.5, 0.6) is 5.75 Å². The highest BCUT2D eigenvalue weighted by atomic mass is 16.5. The van der Waals surface area contributed by atoms with Gasteiger partial charge in [-0.15, -0.1) is 0 Å². The Morgan fingerprint density at radius 2 is 2.12 bits per heavy atom. The third kappa shape index (κ3) is 3.98. The molecule has 2 fully saturated rings. The fourth-order valence-electron chi connectivity index (χ4n) is 4.19. The molecule has 0 bridgehead atoms. The third-order valence-corrected chi connectivity index (χ3v) is 5.74. The first-order valence-corrected chi connectivity index (χ1v) is 9.27. The van der Waals surface area contributed by atoms with E-state index in [9.17, 15) is 4.79 Å². The predicted molar refractivity (Wildman–Crippen MR) is 96.0 cm³/mol. The van der Waals surface area contributed by atoms with Crippen molar-refractivity contribution in [2.75, 3.05) is 46.6 Å². The number of ether oxygens (including phenoxy) is 3. The van der Waals surface area contributed by atoms with Crippen LogP contribution in [-0.4, -0.2) is 57.4 Å². The molecule has 138 valence electrons. The summed E-state index contributed by atoms with van der Waals surface area (Å²) in [6.07, 6.45) is 3.13. The molecule has 0 N–H and O–H groups in total. The summed E-state index contributed by atoms with van der Waals surface area (Å²) in [4.78, 5) is 14.8. The molecule has 0 aliphatic carbocycles. The zero-order valence-electron chi connectivity index (χ0n) is 15.3. The molecule has 1 amide bonds. The van der Waals surface area contributed by atoms with Gasteiger partial charge in [0.1, 0.15) is 5.75 Å². The van der Waals surface area contributed by atoms with Gasteiger partial charge in [-0.25, -0.2) is 0 Å². The lowest BCUT2D eigenvalue weighted by molar-refractivity contribution is -0.0912. The summed E-state index contributed by atoms with van der Waals surface area (Å²) in [5.41, 5.74) is 0.973. The van der Waals surface area contributed by atoms with Crippen molar-refractivity contribution in [2.45, 2.75) is 26.2 Å². The molecule has 1 spiro atoms. The Morgan fingerprint density at radius 1 is 1.32 bits per heavy atom. The maximum Gasteiger partial charge on any atom is 0.253 e. The van der Waals surface area contributed by atoms with Gasteiger partial charge < -0.3 is 19.1 Å². The smallest absolute Gasteiger partial charge is 0.253 e. The molecule has 0 unspecified atom stereocenters. The molecule has 5 heteroatoms. The normalized spacial score (nSPS) is 22.8. The van der Waals surface area contributed by atoms with Crippen molar-refractivity contribution in [3.05, 3.63) is 29.8 Å². The standard InChI is InChI=1S/C20H29NO4/c1-3-25-18-6-4-5-16(13-18)19(22)21-10-7-20(8-11-21)9-12-24-15-17(20)14-23-2/h4-6,13,17H,3,7-12,14-15H2,1-2H3/t17-/m1/s1. The lowest BCUT2D eigenvalue weighted by atomic mass is 9.66. The van der Waals surface area contributed by atoms with Gasteiger partial charge in [-0.3, -0.25) is 4.79 Å². The molecule has 25 heavy (non-hydrogen) atoms. The molecule has 0 aromatic heterocycles. The minimum absolute atomic E-state index is 0.103. The van der Waals surface area contributed by atoms with Gasteiger partial charge in [0, 0.05) is 38.3 Å². The highest BCUT2D eigenvalue weighted by Gasteiger charge is 2.44. The Hall–Kier alpha value is -1.59. The average molecular weight is 347 g/mol. The Labute approximate surface area is 150 Å². The zero-order chi connectivity index (χ0) is 17.7. The minimum atomic E-state index is 0.103. The molecule has 0 radical (unpaired) electrons. The van der Waals surface area contributed by atoms with Crippen molar-refractivity contribution >= 4 is 5.91 Å². The first kappa shape index (κ1) is 18.2. The summed E-state index contributed by atoms with van der Waals surface area (Å²) < 4.78 is 16.6. The van der Waals surface area contributed by atoms with E-state index in [4.69, 9.17) is 14.2 Å². The topological polar surface area (TPSA) is 48.0 Å². The number of hydrogen-bond donors (Lipinski definition) is 0. The second kappa shape index (κ2) is 8.19. The van der Waals surface area contributed by atoms with E-state index in [0.29, 0.717) is 18.1 Å². The van der Waals surface area contributed by atoms with Crippen LogP contribution in [0.4, 0.5) is 0 Å². The first-order chi connectivity index (χ1) is 12.2. The summed E-state index contributed by atoms with van der Waals surface area (Å²) in [7, 11) is 1.76. The molecular weight excluding hydrogens is 318 g/mol. The highest BCUT2D eigenvalue weighted by molar-refractivity contribution is 5.94. The van der Waals surface area contributed by atoms with E-state index >= 15 is 0 Å². The molecular formula is C20H29NO4. The number of piperidine rings is 1. The van der Waals surface area contributed by atoms with E-state index in [-0.39, 0.29) is 11.3 Å². The molecule has 2 saturated heterocycles. The van der Waals surface area contributed by atoms with Crippen molar-refractivity contribution in [3.8, 4) is 5.75 Å². The Kier molecular flexibility index (Phi) is 5.97. The van der Waals surface area contributed by atoms with Crippen LogP contribution in [-0.2, 0) is 9.47 Å². The van der Waals surface area contributed by atoms with Crippen molar-refractivity contribution in [2.24, 2.45) is 11.3 Å². The van der Waals surface area contributed by atoms with Crippen molar-refractivity contribution < 1.29 is 19.0 Å². The molecule has 2 heterocycles. The lowest BCUT2D eigenvalue weighted by Gasteiger charge is -2.48. The van der Waals surface area contributed by atoms with Gasteiger partial charge in [0.25, 0.3) is 5.91 Å². The minimum Gasteiger partial charge on any atom is -0.494 e. The van der Waals surface area contributed by atoms with E-state index in [1.165, 1.54) is 0 Å². The number of rotatable bonds is 5. The Bertz CT molecular complexity index is 579. The Morgan fingerprint density at radius 3 is 2.84 bits per heavy atom. The quantitative estimate of drug-likeness (QED) is 0.822. The van der Waals surface area contributed by atoms with Crippen LogP contribution in [0.1, 0.15) is 36.5 Å². The second-order valence-corrected chi connectivity index (χ2v) is 7.09. The lowest BCUT2D eigenvalue weighted by Crippen LogP contribution is -2.50. The van der Waals surface area contributed by atoms with Crippen LogP contribution in [0.3, 0.4) is 0 Å². The number of likely N-dealkylation sites (tertiary alicyclic amines) is 1. The van der Waals surface area contributed by atoms with Crippen LogP contribution in [0, 0.1) is 11.3 Å². The number of benzene rings is 1. The number of nitrogens with zero attached hydrogens (tertiary/aromatic N) is 1. The van der Waals surface area contributed by atoms with Gasteiger partial charge >= 0.3 is 0 Å². The summed E-state index contributed by atoms with van der Waals surface area (Å²) in [5.74, 6) is 1.29. The fraction of sp³-hybridized carbons (Fsp3) is 0.650. The summed E-state index contributed by atoms with van der Waals surface area (Å²) in [6, 6.07) is 7.50. The van der Waals surface area contributed by atoms with Gasteiger partial charge in [0.05, 0.1) is 19.8 Å². The third-order valence-electron chi connectivity index (χ3n) is 5.74. The molecule has 2 aliphatic rings. The van der Waals surface area contributed by atoms with Gasteiger partial charge in [0.15, 0.2) is 0 Å². The molecule has 0 saturated carbocycles. The average Bonchev–Trinajstić information content (AvgIpc) is 2.65. The van der Waals surface area contributed by atoms with Crippen LogP contribution < -0.4 is 4.74 Å². The predicted octanol–water partition coefficient (Wildman–Crippen LogP) is 2.99. The highest BCUT2D eigenvalue weighted by Crippen LogP contribution is 2.45. The van der Waals surface area contributed by atoms with Crippen LogP contribution in [0.15, 0.2) is 24.3 Å². The van der Waals surface area contributed by atoms with E-state index in [0.717, 1.165) is 57.9 Å². The number of hydrogen-bond acceptors (Lipinski definition) is 4. The van der Waals surface area contributed by atoms with E-state index in [1.54, 1.807) is 7.11 Å². The number of methoxy groups -OCH3 is 1. The first-order valence-electron chi connectivity index (χ1n) is 9.27. The number of carbonyl (C=O) groups is 1. The van der Waals surface area contributed by atoms with Crippen LogP contribution in [0.25, 0.3) is 0 Å². The molecule has 1 aromatic rings. The Balaban J connectivity index is 1.65. The summed E-state index contributed by atoms with van der Waals surface area (Å²) in [5, 5.41) is 0. The molecule has 5 nitrogen and oxygen atoms in total. The van der Waals surface area contributed by atoms with Crippen LogP contribution in [0.2, 0.25) is 0 Å². The van der Waals surface area contributed by atoms with Gasteiger partial charge in [-0.1, -0.05) is 6.07 Å². The van der Waals surface area contributed by atoms with Crippen molar-refractivity contribution in [1.29, 1.82) is 0 Å². The van der Waals surface area contributed by atoms with Gasteiger partial charge in [-0.05, 0) is 49.8 Å². The molecule has 1 aromatic carbocycles. The van der Waals surface area contributed by atoms with E-state index in [1.807, 2.05) is 36.1 Å². The summed E-state index contributed by atoms with van der Waals surface area (Å²) >= 11 is 0. The SMILES string of the molecule is CCOc1cccc(C(=O)N2CCC3(CCOC[C@H]3COC)CC2)c1. The van der Waals surface area contributed by atoms with Gasteiger partial charge in [-0.2, -0.15) is 0 Å². The molecule has 1 atom stereocenters. The zero-order valence-corrected chi connectivity index (χ0v) is 15.3. The van der Waals surface area contributed by atoms with E-state index < -0.39 is 0 Å². The maximum atomic E-state index is 12.9. The number of carbonyl (C=O) groups excluding carboxylic acids is 1. The summed E-state index contributed by atoms with van der Waals surface area (Å²) in [6.45, 7) is 6.50. The van der Waals surface area contributed by atoms with Crippen molar-refractivity contribution in [3.63, 3.8) is 0 Å². The number of amides is 1. The molecule has 3 rings (SSSR count). The van der Waals surface area contributed by atoms with Gasteiger partial charge in [0.2, 0.25) is 0 Å². The maximum absolute atomic E-state index is 12.9. The monoisotopic (exact) mass is 347 g/mol.